The molecule has 2 rings (SSSR count). The van der Waals surface area contributed by atoms with E-state index in [9.17, 15) is 19.2 Å². The Balaban J connectivity index is 1.80. The number of amides is 2. The van der Waals surface area contributed by atoms with Crippen molar-refractivity contribution >= 4 is 23.6 Å². The van der Waals surface area contributed by atoms with E-state index in [0.29, 0.717) is 0 Å². The van der Waals surface area contributed by atoms with E-state index in [4.69, 9.17) is 9.47 Å². The minimum atomic E-state index is -0.834. The topological polar surface area (TPSA) is 123 Å². The van der Waals surface area contributed by atoms with Crippen LogP contribution in [0.25, 0.3) is 0 Å². The van der Waals surface area contributed by atoms with Crippen molar-refractivity contribution in [2.24, 2.45) is 0 Å². The van der Waals surface area contributed by atoms with Gasteiger partial charge in [0.1, 0.15) is 30.5 Å². The van der Waals surface area contributed by atoms with E-state index in [1.165, 1.54) is 13.8 Å². The van der Waals surface area contributed by atoms with Gasteiger partial charge in [-0.25, -0.2) is 0 Å². The first-order valence-electron chi connectivity index (χ1n) is 8.98. The Morgan fingerprint density at radius 3 is 2.54 bits per heavy atom. The van der Waals surface area contributed by atoms with Crippen LogP contribution in [0.15, 0.2) is 30.3 Å². The van der Waals surface area contributed by atoms with Gasteiger partial charge < -0.3 is 20.1 Å². The van der Waals surface area contributed by atoms with E-state index < -0.39 is 35.9 Å². The first-order valence-corrected chi connectivity index (χ1v) is 8.98. The van der Waals surface area contributed by atoms with E-state index in [1.54, 1.807) is 0 Å². The van der Waals surface area contributed by atoms with Crippen LogP contribution in [0, 0.1) is 0 Å². The van der Waals surface area contributed by atoms with Crippen LogP contribution < -0.4 is 16.0 Å². The van der Waals surface area contributed by atoms with Crippen molar-refractivity contribution in [1.29, 1.82) is 0 Å². The molecule has 0 bridgehead atoms. The van der Waals surface area contributed by atoms with Crippen molar-refractivity contribution in [3.8, 4) is 0 Å². The second-order valence-electron chi connectivity index (χ2n) is 6.55. The van der Waals surface area contributed by atoms with Gasteiger partial charge in [-0.3, -0.25) is 24.5 Å². The molecule has 9 heteroatoms. The quantitative estimate of drug-likeness (QED) is 0.501. The van der Waals surface area contributed by atoms with Crippen molar-refractivity contribution in [3.63, 3.8) is 0 Å². The Bertz CT molecular complexity index is 709. The summed E-state index contributed by atoms with van der Waals surface area (Å²) in [5, 5.41) is 7.84. The van der Waals surface area contributed by atoms with Crippen LogP contribution >= 0.6 is 0 Å². The summed E-state index contributed by atoms with van der Waals surface area (Å²) in [6, 6.07) is 6.82. The van der Waals surface area contributed by atoms with Crippen LogP contribution in [0.2, 0.25) is 0 Å². The van der Waals surface area contributed by atoms with E-state index >= 15 is 0 Å². The largest absolute Gasteiger partial charge is 0.460 e. The van der Waals surface area contributed by atoms with Gasteiger partial charge in [-0.1, -0.05) is 30.3 Å². The van der Waals surface area contributed by atoms with E-state index in [1.807, 2.05) is 30.3 Å². The molecule has 152 valence electrons. The van der Waals surface area contributed by atoms with Gasteiger partial charge in [0.2, 0.25) is 11.8 Å². The zero-order valence-electron chi connectivity index (χ0n) is 15.9. The lowest BCUT2D eigenvalue weighted by atomic mass is 10.1. The van der Waals surface area contributed by atoms with Crippen LogP contribution in [0.1, 0.15) is 19.4 Å². The Hall–Kier alpha value is -2.78. The van der Waals surface area contributed by atoms with Gasteiger partial charge in [-0.05, 0) is 19.4 Å². The molecule has 1 heterocycles. The lowest BCUT2D eigenvalue weighted by molar-refractivity contribution is -0.152. The fraction of sp³-hybridized carbons (Fsp3) is 0.474. The zero-order chi connectivity index (χ0) is 20.5. The van der Waals surface area contributed by atoms with Gasteiger partial charge in [0.15, 0.2) is 0 Å². The average Bonchev–Trinajstić information content (AvgIpc) is 2.70. The smallest absolute Gasteiger partial charge is 0.325 e. The van der Waals surface area contributed by atoms with Gasteiger partial charge in [-0.15, -0.1) is 0 Å². The minimum Gasteiger partial charge on any atom is -0.460 e. The van der Waals surface area contributed by atoms with Gasteiger partial charge in [-0.2, -0.15) is 0 Å². The highest BCUT2D eigenvalue weighted by molar-refractivity contribution is 5.92. The summed E-state index contributed by atoms with van der Waals surface area (Å²) in [6.45, 7) is 3.04. The number of carbonyl (C=O) groups is 4. The first kappa shape index (κ1) is 21.5. The normalized spacial score (nSPS) is 19.9. The van der Waals surface area contributed by atoms with Crippen molar-refractivity contribution < 1.29 is 28.7 Å². The molecular formula is C19H25N3O6. The third-order valence-corrected chi connectivity index (χ3v) is 4.06. The molecule has 0 aromatic heterocycles. The number of Topliss-reactive ketones (excluding diaryl/α,β-unsaturated/α-hetero) is 1. The predicted molar refractivity (Wildman–Crippen MR) is 99.1 cm³/mol. The first-order chi connectivity index (χ1) is 13.4. The molecule has 3 N–H and O–H groups in total. The van der Waals surface area contributed by atoms with Crippen molar-refractivity contribution in [1.82, 2.24) is 16.0 Å². The molecule has 1 aliphatic heterocycles. The molecule has 0 saturated carbocycles. The number of carbonyl (C=O) groups excluding carboxylic acids is 4. The van der Waals surface area contributed by atoms with Crippen LogP contribution in [0.3, 0.4) is 0 Å². The highest BCUT2D eigenvalue weighted by Crippen LogP contribution is 2.06. The molecule has 0 spiro atoms. The maximum Gasteiger partial charge on any atom is 0.325 e. The summed E-state index contributed by atoms with van der Waals surface area (Å²) >= 11 is 0. The Morgan fingerprint density at radius 1 is 1.18 bits per heavy atom. The maximum absolute atomic E-state index is 12.3. The lowest BCUT2D eigenvalue weighted by Gasteiger charge is -2.29. The van der Waals surface area contributed by atoms with Crippen LogP contribution in [0.5, 0.6) is 0 Å². The van der Waals surface area contributed by atoms with Crippen molar-refractivity contribution in [2.45, 2.75) is 38.6 Å². The molecule has 0 aliphatic carbocycles. The molecule has 0 radical (unpaired) electrons. The number of hydrogen-bond acceptors (Lipinski definition) is 7. The number of ketones is 1. The molecule has 1 aromatic carbocycles. The number of morpholine rings is 1. The number of ether oxygens (including phenoxy) is 2. The fourth-order valence-corrected chi connectivity index (χ4v) is 2.50. The zero-order valence-corrected chi connectivity index (χ0v) is 15.9. The summed E-state index contributed by atoms with van der Waals surface area (Å²) in [5.41, 5.74) is 0.854. The van der Waals surface area contributed by atoms with Gasteiger partial charge in [0, 0.05) is 0 Å². The number of hydrogen-bond donors (Lipinski definition) is 3. The molecule has 1 aliphatic rings. The average molecular weight is 391 g/mol. The molecule has 1 fully saturated rings. The van der Waals surface area contributed by atoms with Crippen LogP contribution in [0.4, 0.5) is 0 Å². The number of benzene rings is 1. The third kappa shape index (κ3) is 6.75. The van der Waals surface area contributed by atoms with E-state index in [-0.39, 0.29) is 32.1 Å². The third-order valence-electron chi connectivity index (χ3n) is 4.06. The SMILES string of the molecule is CC(=O)CNC(=O)[C@H](C)NC(=O)C1COCC(C(=O)OCc2ccccc2)N1. The Labute approximate surface area is 163 Å². The molecule has 1 saturated heterocycles. The monoisotopic (exact) mass is 391 g/mol. The summed E-state index contributed by atoms with van der Waals surface area (Å²) < 4.78 is 10.6. The highest BCUT2D eigenvalue weighted by Gasteiger charge is 2.33. The Kier molecular flexibility index (Phi) is 8.09. The Morgan fingerprint density at radius 2 is 1.86 bits per heavy atom. The predicted octanol–water partition coefficient (Wildman–Crippen LogP) is -0.703. The van der Waals surface area contributed by atoms with Gasteiger partial charge in [0.05, 0.1) is 19.8 Å². The maximum atomic E-state index is 12.3. The van der Waals surface area contributed by atoms with Crippen LogP contribution in [-0.4, -0.2) is 61.5 Å². The van der Waals surface area contributed by atoms with Gasteiger partial charge >= 0.3 is 5.97 Å². The van der Waals surface area contributed by atoms with Crippen molar-refractivity contribution in [2.75, 3.05) is 19.8 Å². The molecule has 28 heavy (non-hydrogen) atoms. The number of nitrogens with one attached hydrogen (secondary N) is 3. The minimum absolute atomic E-state index is 0.0656. The number of esters is 1. The van der Waals surface area contributed by atoms with Gasteiger partial charge in [0.25, 0.3) is 0 Å². The fourth-order valence-electron chi connectivity index (χ4n) is 2.50. The van der Waals surface area contributed by atoms with Crippen molar-refractivity contribution in [3.05, 3.63) is 35.9 Å². The summed E-state index contributed by atoms with van der Waals surface area (Å²) in [5.74, 6) is -1.66. The lowest BCUT2D eigenvalue weighted by Crippen LogP contribution is -2.60. The molecule has 3 atom stereocenters. The molecular weight excluding hydrogens is 366 g/mol. The second kappa shape index (κ2) is 10.5. The summed E-state index contributed by atoms with van der Waals surface area (Å²) in [4.78, 5) is 47.3. The molecule has 9 nitrogen and oxygen atoms in total. The summed E-state index contributed by atoms with van der Waals surface area (Å²) in [6.07, 6.45) is 0. The van der Waals surface area contributed by atoms with E-state index in [2.05, 4.69) is 16.0 Å². The molecule has 2 amide bonds. The second-order valence-corrected chi connectivity index (χ2v) is 6.55. The highest BCUT2D eigenvalue weighted by atomic mass is 16.5. The van der Waals surface area contributed by atoms with E-state index in [0.717, 1.165) is 5.56 Å². The summed E-state index contributed by atoms with van der Waals surface area (Å²) in [7, 11) is 0. The standard InChI is InChI=1S/C19H25N3O6/c1-12(23)8-20-17(24)13(2)21-18(25)15-10-27-11-16(22-15)19(26)28-9-14-6-4-3-5-7-14/h3-7,13,15-16,22H,8-11H2,1-2H3,(H,20,24)(H,21,25)/t13-,15?,16?/m0/s1. The molecule has 2 unspecified atom stereocenters. The molecule has 1 aromatic rings. The van der Waals surface area contributed by atoms with Crippen LogP contribution in [-0.2, 0) is 35.3 Å². The number of rotatable bonds is 8.